The Labute approximate surface area is 105 Å². The molecule has 0 spiro atoms. The summed E-state index contributed by atoms with van der Waals surface area (Å²) in [7, 11) is -2.51. The molecule has 0 amide bonds. The number of hydrogen-bond acceptors (Lipinski definition) is 1. The molecule has 0 atom stereocenters. The number of carboxylic acid groups (broad SMARTS) is 1. The van der Waals surface area contributed by atoms with Gasteiger partial charge in [0.25, 0.3) is 0 Å². The molecule has 1 aliphatic heterocycles. The molecule has 0 fully saturated rings. The number of benzene rings is 1. The Balaban J connectivity index is 2.62. The van der Waals surface area contributed by atoms with Crippen molar-refractivity contribution in [2.45, 2.75) is 0 Å². The van der Waals surface area contributed by atoms with Crippen LogP contribution in [0.1, 0.15) is 5.56 Å². The summed E-state index contributed by atoms with van der Waals surface area (Å²) in [6, 6.07) is 7.98. The summed E-state index contributed by atoms with van der Waals surface area (Å²) in [4.78, 5) is 11.1. The second-order valence-corrected chi connectivity index (χ2v) is 37.0. The van der Waals surface area contributed by atoms with Crippen LogP contribution in [0.3, 0.4) is 0 Å². The number of rotatable bonds is 1. The van der Waals surface area contributed by atoms with Gasteiger partial charge in [-0.15, -0.1) is 0 Å². The molecular formula is C9H6I2O2Te. The third-order valence-corrected chi connectivity index (χ3v) is 19.7. The van der Waals surface area contributed by atoms with Crippen LogP contribution in [-0.2, 0) is 4.79 Å². The number of carbonyl (C=O) groups is 1. The molecule has 1 heterocycles. The van der Waals surface area contributed by atoms with Gasteiger partial charge in [0.2, 0.25) is 0 Å². The second kappa shape index (κ2) is 3.92. The minimum atomic E-state index is -2.51. The average Bonchev–Trinajstić information content (AvgIpc) is 2.39. The van der Waals surface area contributed by atoms with E-state index in [-0.39, 0.29) is 0 Å². The Morgan fingerprint density at radius 1 is 1.29 bits per heavy atom. The van der Waals surface area contributed by atoms with E-state index >= 15 is 0 Å². The molecule has 1 aromatic carbocycles. The van der Waals surface area contributed by atoms with Crippen LogP contribution in [0.5, 0.6) is 0 Å². The first-order chi connectivity index (χ1) is 6.53. The van der Waals surface area contributed by atoms with Gasteiger partial charge >= 0.3 is 107 Å². The number of halogens is 2. The molecule has 0 aliphatic carbocycles. The summed E-state index contributed by atoms with van der Waals surface area (Å²) < 4.78 is 1.89. The zero-order valence-electron chi connectivity index (χ0n) is 6.91. The van der Waals surface area contributed by atoms with Crippen molar-refractivity contribution in [2.24, 2.45) is 0 Å². The Morgan fingerprint density at radius 2 is 1.93 bits per heavy atom. The van der Waals surface area contributed by atoms with Gasteiger partial charge < -0.3 is 0 Å². The predicted octanol–water partition coefficient (Wildman–Crippen LogP) is 2.23. The van der Waals surface area contributed by atoms with E-state index in [1.807, 2.05) is 24.3 Å². The van der Waals surface area contributed by atoms with E-state index in [2.05, 4.69) is 43.5 Å². The van der Waals surface area contributed by atoms with Gasteiger partial charge in [-0.2, -0.15) is 0 Å². The van der Waals surface area contributed by atoms with Crippen LogP contribution in [0.15, 0.2) is 27.9 Å². The molecule has 1 N–H and O–H groups in total. The van der Waals surface area contributed by atoms with Gasteiger partial charge in [-0.3, -0.25) is 0 Å². The van der Waals surface area contributed by atoms with Crippen LogP contribution in [0.25, 0.3) is 6.08 Å². The summed E-state index contributed by atoms with van der Waals surface area (Å²) in [6.45, 7) is 0. The van der Waals surface area contributed by atoms with E-state index in [9.17, 15) is 4.79 Å². The third kappa shape index (κ3) is 1.72. The van der Waals surface area contributed by atoms with Gasteiger partial charge in [-0.1, -0.05) is 0 Å². The number of carboxylic acids is 1. The van der Waals surface area contributed by atoms with Crippen LogP contribution in [0, 0.1) is 0 Å². The fraction of sp³-hybridized carbons (Fsp3) is 0. The first-order valence-corrected chi connectivity index (χ1v) is 19.7. The van der Waals surface area contributed by atoms with Crippen LogP contribution >= 0.6 is 37.4 Å². The maximum absolute atomic E-state index is 11.1. The standard InChI is InChI=1S/C9H6I2O2Te/c10-14(11)7-4-2-1-3-6(7)5-8(14)9(12)13/h1-5H,(H,12,13). The van der Waals surface area contributed by atoms with Gasteiger partial charge in [0.05, 0.1) is 0 Å². The van der Waals surface area contributed by atoms with E-state index < -0.39 is 16.3 Å². The zero-order valence-corrected chi connectivity index (χ0v) is 13.6. The molecule has 0 aromatic heterocycles. The maximum atomic E-state index is 11.1. The van der Waals surface area contributed by atoms with Gasteiger partial charge in [-0.25, -0.2) is 0 Å². The van der Waals surface area contributed by atoms with Crippen molar-refractivity contribution in [3.8, 4) is 0 Å². The molecule has 14 heavy (non-hydrogen) atoms. The van der Waals surface area contributed by atoms with E-state index in [4.69, 9.17) is 5.11 Å². The van der Waals surface area contributed by atoms with Crippen molar-refractivity contribution in [3.05, 3.63) is 33.4 Å². The molecule has 0 bridgehead atoms. The molecule has 2 nitrogen and oxygen atoms in total. The van der Waals surface area contributed by atoms with Gasteiger partial charge in [0.15, 0.2) is 0 Å². The molecule has 74 valence electrons. The molecule has 2 rings (SSSR count). The molecule has 1 aromatic rings. The van der Waals surface area contributed by atoms with Crippen LogP contribution in [0.4, 0.5) is 0 Å². The first-order valence-electron chi connectivity index (χ1n) is 3.80. The Morgan fingerprint density at radius 3 is 2.50 bits per heavy atom. The molecule has 1 aliphatic rings. The van der Waals surface area contributed by atoms with Crippen molar-refractivity contribution in [3.63, 3.8) is 0 Å². The molecule has 0 radical (unpaired) electrons. The van der Waals surface area contributed by atoms with Crippen molar-refractivity contribution in [2.75, 3.05) is 0 Å². The Kier molecular flexibility index (Phi) is 3.13. The molecule has 5 heteroatoms. The number of aliphatic carboxylic acids is 1. The van der Waals surface area contributed by atoms with Crippen molar-refractivity contribution in [1.29, 1.82) is 0 Å². The number of fused-ring (bicyclic) bond motifs is 1. The SMILES string of the molecule is O=C(O)C1=Cc2ccccc2[Te]1(I)I. The van der Waals surface area contributed by atoms with Gasteiger partial charge in [-0.05, 0) is 0 Å². The summed E-state index contributed by atoms with van der Waals surface area (Å²) >= 11 is 4.72. The van der Waals surface area contributed by atoms with Crippen LogP contribution in [0.2, 0.25) is 0 Å². The van der Waals surface area contributed by atoms with Crippen molar-refractivity contribution < 1.29 is 9.90 Å². The summed E-state index contributed by atoms with van der Waals surface area (Å²) in [6.07, 6.45) is 1.83. The van der Waals surface area contributed by atoms with Crippen molar-refractivity contribution >= 4 is 63.3 Å². The van der Waals surface area contributed by atoms with Crippen LogP contribution < -0.4 is 3.61 Å². The fourth-order valence-electron chi connectivity index (χ4n) is 1.34. The fourth-order valence-corrected chi connectivity index (χ4v) is 15.0. The van der Waals surface area contributed by atoms with E-state index in [1.165, 1.54) is 3.61 Å². The Bertz CT molecular complexity index is 440. The molecule has 0 saturated carbocycles. The minimum absolute atomic E-state index is 0.634. The summed E-state index contributed by atoms with van der Waals surface area (Å²) in [5.74, 6) is -0.758. The third-order valence-electron chi connectivity index (χ3n) is 1.97. The monoisotopic (exact) mass is 530 g/mol. The quantitative estimate of drug-likeness (QED) is 0.450. The Hall–Kier alpha value is 0.680. The normalized spacial score (nSPS) is 19.7. The molecule has 0 saturated heterocycles. The van der Waals surface area contributed by atoms with E-state index in [0.717, 1.165) is 5.56 Å². The molecular weight excluding hydrogens is 522 g/mol. The van der Waals surface area contributed by atoms with Crippen LogP contribution in [-0.4, -0.2) is 21.4 Å². The zero-order chi connectivity index (χ0) is 10.3. The topological polar surface area (TPSA) is 37.3 Å². The van der Waals surface area contributed by atoms with Crippen molar-refractivity contribution in [1.82, 2.24) is 0 Å². The second-order valence-electron chi connectivity index (χ2n) is 2.82. The van der Waals surface area contributed by atoms with Gasteiger partial charge in [0.1, 0.15) is 0 Å². The van der Waals surface area contributed by atoms with Gasteiger partial charge in [0, 0.05) is 0 Å². The summed E-state index contributed by atoms with van der Waals surface area (Å²) in [5, 5.41) is 9.09. The van der Waals surface area contributed by atoms with E-state index in [1.54, 1.807) is 0 Å². The first kappa shape index (κ1) is 11.2. The predicted molar refractivity (Wildman–Crippen MR) is 75.5 cm³/mol. The van der Waals surface area contributed by atoms with E-state index in [0.29, 0.717) is 3.62 Å². The number of hydrogen-bond donors (Lipinski definition) is 1. The summed E-state index contributed by atoms with van der Waals surface area (Å²) in [5.41, 5.74) is 1.09. The molecule has 0 unspecified atom stereocenters. The average molecular weight is 528 g/mol.